The highest BCUT2D eigenvalue weighted by molar-refractivity contribution is 6.92. The van der Waals surface area contributed by atoms with Crippen LogP contribution in [0.25, 0.3) is 44.5 Å². The van der Waals surface area contributed by atoms with Crippen LogP contribution in [0.3, 0.4) is 0 Å². The Balaban J connectivity index is 1.08. The zero-order valence-corrected chi connectivity index (χ0v) is 25.5. The second-order valence-electron chi connectivity index (χ2n) is 12.8. The van der Waals surface area contributed by atoms with Crippen LogP contribution in [0.2, 0.25) is 0 Å². The van der Waals surface area contributed by atoms with Gasteiger partial charge in [-0.1, -0.05) is 115 Å². The third-order valence-corrected chi connectivity index (χ3v) is 10.5. The maximum atomic E-state index is 6.58. The van der Waals surface area contributed by atoms with Crippen molar-refractivity contribution < 1.29 is 4.65 Å². The number of fused-ring (bicyclic) bond motifs is 19. The lowest BCUT2D eigenvalue weighted by Gasteiger charge is -2.43. The Hall–Kier alpha value is -5.93. The molecule has 3 nitrogen and oxygen atoms in total. The summed E-state index contributed by atoms with van der Waals surface area (Å²) >= 11 is 0. The van der Waals surface area contributed by atoms with E-state index in [2.05, 4.69) is 161 Å². The lowest BCUT2D eigenvalue weighted by atomic mass is 9.43. The van der Waals surface area contributed by atoms with Crippen LogP contribution in [0.5, 0.6) is 5.75 Å². The van der Waals surface area contributed by atoms with Gasteiger partial charge in [-0.2, -0.15) is 0 Å². The Bertz CT molecular complexity index is 2460. The normalized spacial score (nSPS) is 14.0. The van der Waals surface area contributed by atoms with E-state index in [0.29, 0.717) is 0 Å². The highest BCUT2D eigenvalue weighted by Crippen LogP contribution is 2.49. The minimum atomic E-state index is -0.180. The first-order valence-electron chi connectivity index (χ1n) is 16.3. The Labute approximate surface area is 274 Å². The smallest absolute Gasteiger partial charge is 0.524 e. The monoisotopic (exact) mass is 596 g/mol. The van der Waals surface area contributed by atoms with Gasteiger partial charge in [-0.3, -0.25) is 0 Å². The minimum absolute atomic E-state index is 0.120. The second-order valence-corrected chi connectivity index (χ2v) is 12.8. The van der Waals surface area contributed by atoms with E-state index in [1.807, 2.05) is 6.07 Å². The van der Waals surface area contributed by atoms with Crippen molar-refractivity contribution in [1.82, 2.24) is 0 Å². The molecule has 0 bridgehead atoms. The third kappa shape index (κ3) is 3.38. The molecule has 7 aromatic carbocycles. The van der Waals surface area contributed by atoms with E-state index in [1.165, 1.54) is 78.0 Å². The molecular weight excluding hydrogens is 570 g/mol. The van der Waals surface area contributed by atoms with Crippen LogP contribution >= 0.6 is 0 Å². The fourth-order valence-corrected chi connectivity index (χ4v) is 8.48. The Morgan fingerprint density at radius 2 is 0.872 bits per heavy atom. The van der Waals surface area contributed by atoms with Crippen molar-refractivity contribution in [2.24, 2.45) is 0 Å². The van der Waals surface area contributed by atoms with Crippen molar-refractivity contribution in [2.75, 3.05) is 9.62 Å². The molecule has 0 spiro atoms. The summed E-state index contributed by atoms with van der Waals surface area (Å²) in [5.74, 6) is 0.929. The first-order valence-corrected chi connectivity index (χ1v) is 16.3. The predicted molar refractivity (Wildman–Crippen MR) is 196 cm³/mol. The molecular formula is C42H26B2N2O. The van der Waals surface area contributed by atoms with Crippen LogP contribution in [-0.2, 0) is 0 Å². The topological polar surface area (TPSA) is 15.7 Å². The lowest BCUT2D eigenvalue weighted by Crippen LogP contribution is -2.59. The molecule has 0 aromatic heterocycles. The summed E-state index contributed by atoms with van der Waals surface area (Å²) in [5, 5.41) is 0. The summed E-state index contributed by atoms with van der Waals surface area (Å²) < 4.78 is 6.58. The summed E-state index contributed by atoms with van der Waals surface area (Å²) in [7, 11) is -0.180. The average molecular weight is 596 g/mol. The molecule has 11 rings (SSSR count). The zero-order valence-electron chi connectivity index (χ0n) is 25.5. The maximum absolute atomic E-state index is 6.58. The second kappa shape index (κ2) is 9.31. The van der Waals surface area contributed by atoms with Gasteiger partial charge in [0, 0.05) is 33.8 Å². The van der Waals surface area contributed by atoms with Crippen LogP contribution in [0.1, 0.15) is 0 Å². The molecule has 0 atom stereocenters. The van der Waals surface area contributed by atoms with Gasteiger partial charge >= 0.3 is 13.9 Å². The molecule has 0 aliphatic carbocycles. The highest BCUT2D eigenvalue weighted by atomic mass is 16.5. The van der Waals surface area contributed by atoms with Gasteiger partial charge in [-0.05, 0) is 86.7 Å². The van der Waals surface area contributed by atoms with Crippen LogP contribution in [-0.4, -0.2) is 13.9 Å². The molecule has 4 aliphatic heterocycles. The Kier molecular flexibility index (Phi) is 5.01. The highest BCUT2D eigenvalue weighted by Gasteiger charge is 2.45. The summed E-state index contributed by atoms with van der Waals surface area (Å²) in [6.07, 6.45) is 0. The van der Waals surface area contributed by atoms with Crippen molar-refractivity contribution in [3.8, 4) is 50.3 Å². The summed E-state index contributed by atoms with van der Waals surface area (Å²) in [4.78, 5) is 4.90. The summed E-state index contributed by atoms with van der Waals surface area (Å²) in [6, 6.07) is 57.7. The molecule has 0 saturated carbocycles. The molecule has 0 N–H and O–H groups in total. The summed E-state index contributed by atoms with van der Waals surface area (Å²) in [6.45, 7) is 0.120. The fraction of sp³-hybridized carbons (Fsp3) is 0. The van der Waals surface area contributed by atoms with E-state index >= 15 is 0 Å². The largest absolute Gasteiger partial charge is 0.536 e. The van der Waals surface area contributed by atoms with Crippen molar-refractivity contribution in [1.29, 1.82) is 0 Å². The predicted octanol–water partition coefficient (Wildman–Crippen LogP) is 8.16. The maximum Gasteiger partial charge on any atom is 0.524 e. The molecule has 4 aliphatic rings. The number of nitrogens with zero attached hydrogens (tertiary/aromatic N) is 2. The minimum Gasteiger partial charge on any atom is -0.536 e. The van der Waals surface area contributed by atoms with Crippen molar-refractivity contribution in [3.63, 3.8) is 0 Å². The van der Waals surface area contributed by atoms with Crippen LogP contribution in [0.15, 0.2) is 158 Å². The summed E-state index contributed by atoms with van der Waals surface area (Å²) in [5.41, 5.74) is 18.7. The zero-order chi connectivity index (χ0) is 30.6. The van der Waals surface area contributed by atoms with Gasteiger partial charge in [-0.25, -0.2) is 0 Å². The lowest BCUT2D eigenvalue weighted by molar-refractivity contribution is 0.603. The number of anilines is 4. The van der Waals surface area contributed by atoms with Crippen LogP contribution in [0, 0.1) is 0 Å². The fourth-order valence-electron chi connectivity index (χ4n) is 8.48. The molecule has 0 unspecified atom stereocenters. The molecule has 47 heavy (non-hydrogen) atoms. The van der Waals surface area contributed by atoms with Gasteiger partial charge in [0.2, 0.25) is 0 Å². The van der Waals surface area contributed by atoms with E-state index in [-0.39, 0.29) is 13.9 Å². The van der Waals surface area contributed by atoms with E-state index in [1.54, 1.807) is 0 Å². The van der Waals surface area contributed by atoms with Crippen LogP contribution < -0.4 is 30.7 Å². The van der Waals surface area contributed by atoms with Crippen molar-refractivity contribution >= 4 is 53.0 Å². The van der Waals surface area contributed by atoms with Gasteiger partial charge < -0.3 is 14.3 Å². The van der Waals surface area contributed by atoms with Crippen molar-refractivity contribution in [3.05, 3.63) is 158 Å². The molecule has 0 saturated heterocycles. The number of para-hydroxylation sites is 4. The van der Waals surface area contributed by atoms with Gasteiger partial charge in [0.05, 0.1) is 5.69 Å². The molecule has 0 radical (unpaired) electrons. The Morgan fingerprint density at radius 1 is 0.362 bits per heavy atom. The van der Waals surface area contributed by atoms with Crippen LogP contribution in [0.4, 0.5) is 22.7 Å². The van der Waals surface area contributed by atoms with E-state index in [4.69, 9.17) is 4.65 Å². The first kappa shape index (κ1) is 25.3. The SMILES string of the molecule is c1ccc2c(c1)OB1c3ccc(-c4ccc5c(c4)-c4ccccc4B4c6ccccc6-c6ccccc6N45)cc3-c3ccccc3N12. The standard InChI is InChI=1S/C42H26B2N2O/c1-5-15-35-29(11-1)31-13-3-7-17-38(31)45-40-24-22-28(26-34(40)30-12-2-6-16-36(30)43(35)45)27-21-23-37-33(25-27)32-14-4-8-18-39(32)46-41-19-9-10-20-42(41)47-44(37)46/h1-26H. The van der Waals surface area contributed by atoms with Gasteiger partial charge in [0.25, 0.3) is 0 Å². The van der Waals surface area contributed by atoms with E-state index in [0.717, 1.165) is 11.4 Å². The number of hydrogen-bond donors (Lipinski definition) is 0. The molecule has 4 heterocycles. The van der Waals surface area contributed by atoms with Gasteiger partial charge in [-0.15, -0.1) is 0 Å². The number of hydrogen-bond acceptors (Lipinski definition) is 3. The van der Waals surface area contributed by atoms with Gasteiger partial charge in [0.15, 0.2) is 0 Å². The first-order chi connectivity index (χ1) is 23.3. The molecule has 5 heteroatoms. The quantitative estimate of drug-likeness (QED) is 0.178. The number of rotatable bonds is 1. The van der Waals surface area contributed by atoms with E-state index < -0.39 is 0 Å². The van der Waals surface area contributed by atoms with Gasteiger partial charge in [0.1, 0.15) is 5.75 Å². The molecule has 216 valence electrons. The number of benzene rings is 7. The average Bonchev–Trinajstić information content (AvgIpc) is 3.54. The van der Waals surface area contributed by atoms with Crippen molar-refractivity contribution in [2.45, 2.75) is 0 Å². The van der Waals surface area contributed by atoms with E-state index in [9.17, 15) is 0 Å². The Morgan fingerprint density at radius 3 is 1.62 bits per heavy atom. The molecule has 7 aromatic rings. The molecule has 0 amide bonds. The third-order valence-electron chi connectivity index (χ3n) is 10.5. The molecule has 0 fully saturated rings.